The van der Waals surface area contributed by atoms with Crippen LogP contribution in [-0.2, 0) is 0 Å². The fraction of sp³-hybridized carbons (Fsp3) is 0.250. The molecule has 3 nitrogen and oxygen atoms in total. The van der Waals surface area contributed by atoms with E-state index in [4.69, 9.17) is 0 Å². The number of halogens is 2. The topological polar surface area (TPSA) is 45.1 Å². The number of hydrogen-bond donors (Lipinski definition) is 2. The number of hydrogen-bond acceptors (Lipinski definition) is 3. The van der Waals surface area contributed by atoms with Crippen LogP contribution in [0.5, 0.6) is 0 Å². The molecule has 25 heavy (non-hydrogen) atoms. The summed E-state index contributed by atoms with van der Waals surface area (Å²) < 4.78 is 25.1. The summed E-state index contributed by atoms with van der Waals surface area (Å²) in [6.45, 7) is 2.26. The SMILES string of the molecule is CC(NCC(O)c1cccc2ccccc12)c1ccc(C(F)F)nc1. The third-order valence-corrected chi connectivity index (χ3v) is 4.33. The molecule has 0 aliphatic heterocycles. The first-order valence-electron chi connectivity index (χ1n) is 8.19. The highest BCUT2D eigenvalue weighted by molar-refractivity contribution is 5.85. The van der Waals surface area contributed by atoms with E-state index in [2.05, 4.69) is 10.3 Å². The van der Waals surface area contributed by atoms with Crippen LogP contribution in [0, 0.1) is 0 Å². The molecule has 5 heteroatoms. The fourth-order valence-corrected chi connectivity index (χ4v) is 2.86. The minimum absolute atomic E-state index is 0.108. The maximum Gasteiger partial charge on any atom is 0.280 e. The Kier molecular flexibility index (Phi) is 5.36. The number of rotatable bonds is 6. The van der Waals surface area contributed by atoms with Crippen LogP contribution in [0.2, 0.25) is 0 Å². The number of pyridine rings is 1. The van der Waals surface area contributed by atoms with E-state index in [9.17, 15) is 13.9 Å². The Morgan fingerprint density at radius 1 is 1.04 bits per heavy atom. The van der Waals surface area contributed by atoms with Gasteiger partial charge < -0.3 is 10.4 Å². The van der Waals surface area contributed by atoms with Crippen molar-refractivity contribution in [3.63, 3.8) is 0 Å². The highest BCUT2D eigenvalue weighted by atomic mass is 19.3. The molecule has 0 fully saturated rings. The molecule has 0 spiro atoms. The summed E-state index contributed by atoms with van der Waals surface area (Å²) in [6.07, 6.45) is -1.78. The zero-order chi connectivity index (χ0) is 17.8. The molecule has 3 aromatic rings. The summed E-state index contributed by atoms with van der Waals surface area (Å²) in [4.78, 5) is 3.77. The van der Waals surface area contributed by atoms with Gasteiger partial charge in [0.1, 0.15) is 5.69 Å². The van der Waals surface area contributed by atoms with Crippen molar-refractivity contribution >= 4 is 10.8 Å². The van der Waals surface area contributed by atoms with Crippen LogP contribution in [-0.4, -0.2) is 16.6 Å². The Balaban J connectivity index is 1.67. The first kappa shape index (κ1) is 17.5. The molecule has 2 unspecified atom stereocenters. The summed E-state index contributed by atoms with van der Waals surface area (Å²) in [5.74, 6) is 0. The largest absolute Gasteiger partial charge is 0.387 e. The molecule has 0 amide bonds. The van der Waals surface area contributed by atoms with Gasteiger partial charge in [-0.05, 0) is 34.9 Å². The van der Waals surface area contributed by atoms with Gasteiger partial charge in [0.05, 0.1) is 6.10 Å². The second kappa shape index (κ2) is 7.68. The molecule has 2 N–H and O–H groups in total. The van der Waals surface area contributed by atoms with Crippen molar-refractivity contribution in [2.24, 2.45) is 0 Å². The van der Waals surface area contributed by atoms with Crippen molar-refractivity contribution < 1.29 is 13.9 Å². The third kappa shape index (κ3) is 4.00. The van der Waals surface area contributed by atoms with E-state index in [1.165, 1.54) is 12.3 Å². The molecule has 0 saturated carbocycles. The number of aliphatic hydroxyl groups is 1. The van der Waals surface area contributed by atoms with Crippen LogP contribution in [0.25, 0.3) is 10.8 Å². The molecule has 0 radical (unpaired) electrons. The highest BCUT2D eigenvalue weighted by Crippen LogP contribution is 2.25. The number of nitrogens with zero attached hydrogens (tertiary/aromatic N) is 1. The minimum Gasteiger partial charge on any atom is -0.387 e. The lowest BCUT2D eigenvalue weighted by Crippen LogP contribution is -2.25. The van der Waals surface area contributed by atoms with Gasteiger partial charge in [0.25, 0.3) is 6.43 Å². The van der Waals surface area contributed by atoms with E-state index < -0.39 is 12.5 Å². The summed E-state index contributed by atoms with van der Waals surface area (Å²) in [5, 5.41) is 15.9. The van der Waals surface area contributed by atoms with Crippen LogP contribution in [0.3, 0.4) is 0 Å². The first-order valence-corrected chi connectivity index (χ1v) is 8.19. The van der Waals surface area contributed by atoms with Gasteiger partial charge >= 0.3 is 0 Å². The number of benzene rings is 2. The zero-order valence-corrected chi connectivity index (χ0v) is 13.9. The first-order chi connectivity index (χ1) is 12.1. The van der Waals surface area contributed by atoms with Crippen LogP contribution in [0.4, 0.5) is 8.78 Å². The summed E-state index contributed by atoms with van der Waals surface area (Å²) in [6, 6.07) is 16.6. The number of aliphatic hydroxyl groups excluding tert-OH is 1. The molecule has 130 valence electrons. The molecule has 0 saturated heterocycles. The Labute approximate surface area is 145 Å². The van der Waals surface area contributed by atoms with Gasteiger partial charge in [-0.15, -0.1) is 0 Å². The quantitative estimate of drug-likeness (QED) is 0.690. The van der Waals surface area contributed by atoms with Crippen LogP contribution in [0.15, 0.2) is 60.8 Å². The normalized spacial score (nSPS) is 14.0. The maximum absolute atomic E-state index is 12.6. The van der Waals surface area contributed by atoms with Crippen molar-refractivity contribution in [1.82, 2.24) is 10.3 Å². The van der Waals surface area contributed by atoms with Gasteiger partial charge in [-0.1, -0.05) is 48.5 Å². The van der Waals surface area contributed by atoms with Crippen molar-refractivity contribution in [2.75, 3.05) is 6.54 Å². The Morgan fingerprint density at radius 3 is 2.52 bits per heavy atom. The molecule has 2 atom stereocenters. The molecular formula is C20H20F2N2O. The summed E-state index contributed by atoms with van der Waals surface area (Å²) in [7, 11) is 0. The van der Waals surface area contributed by atoms with E-state index in [-0.39, 0.29) is 11.7 Å². The molecular weight excluding hydrogens is 322 g/mol. The number of aromatic nitrogens is 1. The van der Waals surface area contributed by atoms with Gasteiger partial charge in [-0.3, -0.25) is 4.98 Å². The second-order valence-electron chi connectivity index (χ2n) is 6.03. The molecule has 2 aromatic carbocycles. The Morgan fingerprint density at radius 2 is 1.80 bits per heavy atom. The number of alkyl halides is 2. The van der Waals surface area contributed by atoms with Gasteiger partial charge in [0, 0.05) is 18.8 Å². The monoisotopic (exact) mass is 342 g/mol. The standard InChI is InChI=1S/C20H20F2N2O/c1-13(15-9-10-18(20(21)22)24-11-15)23-12-19(25)17-8-4-6-14-5-2-3-7-16(14)17/h2-11,13,19-20,23,25H,12H2,1H3. The van der Waals surface area contributed by atoms with Gasteiger partial charge in [-0.25, -0.2) is 8.78 Å². The summed E-state index contributed by atoms with van der Waals surface area (Å²) in [5.41, 5.74) is 1.44. The fourth-order valence-electron chi connectivity index (χ4n) is 2.86. The van der Waals surface area contributed by atoms with E-state index >= 15 is 0 Å². The van der Waals surface area contributed by atoms with Crippen LogP contribution >= 0.6 is 0 Å². The molecule has 1 heterocycles. The lowest BCUT2D eigenvalue weighted by molar-refractivity contribution is 0.146. The van der Waals surface area contributed by atoms with Gasteiger partial charge in [0.15, 0.2) is 0 Å². The lowest BCUT2D eigenvalue weighted by Gasteiger charge is -2.19. The van der Waals surface area contributed by atoms with Crippen molar-refractivity contribution in [3.05, 3.63) is 77.6 Å². The highest BCUT2D eigenvalue weighted by Gasteiger charge is 2.14. The van der Waals surface area contributed by atoms with Gasteiger partial charge in [-0.2, -0.15) is 0 Å². The van der Waals surface area contributed by atoms with Crippen molar-refractivity contribution in [3.8, 4) is 0 Å². The van der Waals surface area contributed by atoms with E-state index in [0.29, 0.717) is 6.54 Å². The lowest BCUT2D eigenvalue weighted by atomic mass is 10.00. The summed E-state index contributed by atoms with van der Waals surface area (Å²) >= 11 is 0. The van der Waals surface area contributed by atoms with E-state index in [1.54, 1.807) is 6.07 Å². The number of nitrogens with one attached hydrogen (secondary N) is 1. The average molecular weight is 342 g/mol. The van der Waals surface area contributed by atoms with Crippen molar-refractivity contribution in [1.29, 1.82) is 0 Å². The molecule has 3 rings (SSSR count). The van der Waals surface area contributed by atoms with E-state index in [0.717, 1.165) is 21.9 Å². The molecule has 1 aromatic heterocycles. The minimum atomic E-state index is -2.56. The zero-order valence-electron chi connectivity index (χ0n) is 13.9. The predicted octanol–water partition coefficient (Wildman–Crippen LogP) is 4.56. The molecule has 0 bridgehead atoms. The smallest absolute Gasteiger partial charge is 0.280 e. The van der Waals surface area contributed by atoms with E-state index in [1.807, 2.05) is 49.4 Å². The predicted molar refractivity (Wildman–Crippen MR) is 94.5 cm³/mol. The Hall–Kier alpha value is -2.37. The second-order valence-corrected chi connectivity index (χ2v) is 6.03. The van der Waals surface area contributed by atoms with Crippen LogP contribution in [0.1, 0.15) is 42.3 Å². The molecule has 0 aliphatic carbocycles. The maximum atomic E-state index is 12.6. The van der Waals surface area contributed by atoms with Crippen molar-refractivity contribution in [2.45, 2.75) is 25.5 Å². The van der Waals surface area contributed by atoms with Gasteiger partial charge in [0.2, 0.25) is 0 Å². The third-order valence-electron chi connectivity index (χ3n) is 4.33. The average Bonchev–Trinajstić information content (AvgIpc) is 2.65. The Bertz CT molecular complexity index is 831. The number of fused-ring (bicyclic) bond motifs is 1. The van der Waals surface area contributed by atoms with Crippen LogP contribution < -0.4 is 5.32 Å². The molecule has 0 aliphatic rings.